The number of phenolic OH excluding ortho intramolecular Hbond substituents is 1. The largest absolute Gasteiger partial charge is 0.507 e. The molecule has 5 nitrogen and oxygen atoms in total. The summed E-state index contributed by atoms with van der Waals surface area (Å²) in [7, 11) is 5.92. The lowest BCUT2D eigenvalue weighted by Crippen LogP contribution is -2.72. The number of aromatic hydroxyl groups is 1. The summed E-state index contributed by atoms with van der Waals surface area (Å²) >= 11 is 0. The van der Waals surface area contributed by atoms with Gasteiger partial charge in [0, 0.05) is 5.56 Å². The Morgan fingerprint density at radius 2 is 1.56 bits per heavy atom. The highest BCUT2D eigenvalue weighted by Gasteiger charge is 2.57. The maximum absolute atomic E-state index is 11.3. The van der Waals surface area contributed by atoms with Crippen molar-refractivity contribution in [1.29, 1.82) is 0 Å². The van der Waals surface area contributed by atoms with Crippen LogP contribution in [0.2, 0.25) is 0 Å². The van der Waals surface area contributed by atoms with Gasteiger partial charge in [-0.2, -0.15) is 0 Å². The fourth-order valence-corrected chi connectivity index (χ4v) is 6.28. The van der Waals surface area contributed by atoms with Crippen molar-refractivity contribution in [1.82, 2.24) is 16.0 Å². The molecule has 0 spiro atoms. The van der Waals surface area contributed by atoms with Gasteiger partial charge in [0.2, 0.25) is 5.72 Å². The van der Waals surface area contributed by atoms with Crippen molar-refractivity contribution in [2.45, 2.75) is 103 Å². The second-order valence-corrected chi connectivity index (χ2v) is 10.6. The molecule has 3 rings (SSSR count). The molecule has 0 aliphatic carbocycles. The van der Waals surface area contributed by atoms with Gasteiger partial charge in [-0.25, -0.2) is 0 Å². The van der Waals surface area contributed by atoms with Gasteiger partial charge >= 0.3 is 0 Å². The highest BCUT2D eigenvalue weighted by Crippen LogP contribution is 2.50. The molecule has 2 aromatic rings. The van der Waals surface area contributed by atoms with Gasteiger partial charge in [-0.1, -0.05) is 76.1 Å². The predicted molar refractivity (Wildman–Crippen MR) is 151 cm³/mol. The van der Waals surface area contributed by atoms with Crippen LogP contribution in [0.4, 0.5) is 0 Å². The molecule has 0 bridgehead atoms. The SMILES string of the molecule is CCCCCCCCCc1ccc2c(c1)OC(NC)(c1cc(C)cc(C)c1O)C(NC)C2(CC)NC. The van der Waals surface area contributed by atoms with E-state index in [1.54, 1.807) is 0 Å². The van der Waals surface area contributed by atoms with Crippen LogP contribution in [0, 0.1) is 13.8 Å². The summed E-state index contributed by atoms with van der Waals surface area (Å²) in [6.07, 6.45) is 11.1. The third kappa shape index (κ3) is 5.29. The van der Waals surface area contributed by atoms with Crippen molar-refractivity contribution in [3.8, 4) is 11.5 Å². The molecule has 200 valence electrons. The molecule has 0 radical (unpaired) electrons. The van der Waals surface area contributed by atoms with Gasteiger partial charge in [-0.3, -0.25) is 5.32 Å². The topological polar surface area (TPSA) is 65.5 Å². The number of rotatable bonds is 13. The highest BCUT2D eigenvalue weighted by molar-refractivity contribution is 5.53. The lowest BCUT2D eigenvalue weighted by atomic mass is 9.70. The van der Waals surface area contributed by atoms with Gasteiger partial charge in [0.05, 0.1) is 17.1 Å². The number of likely N-dealkylation sites (N-methyl/N-ethyl adjacent to an activating group) is 3. The maximum atomic E-state index is 11.3. The van der Waals surface area contributed by atoms with Crippen LogP contribution in [0.5, 0.6) is 11.5 Å². The number of aryl methyl sites for hydroxylation is 3. The molecule has 1 aliphatic heterocycles. The summed E-state index contributed by atoms with van der Waals surface area (Å²) < 4.78 is 6.95. The Hall–Kier alpha value is -2.08. The van der Waals surface area contributed by atoms with E-state index in [1.807, 2.05) is 40.2 Å². The first-order valence-corrected chi connectivity index (χ1v) is 14.0. The highest BCUT2D eigenvalue weighted by atomic mass is 16.5. The van der Waals surface area contributed by atoms with Crippen LogP contribution in [0.1, 0.15) is 93.0 Å². The normalized spacial score (nSPS) is 23.4. The van der Waals surface area contributed by atoms with Gasteiger partial charge in [0.15, 0.2) is 0 Å². The third-order valence-corrected chi connectivity index (χ3v) is 8.27. The van der Waals surface area contributed by atoms with E-state index in [-0.39, 0.29) is 11.8 Å². The van der Waals surface area contributed by atoms with Crippen LogP contribution in [-0.4, -0.2) is 32.3 Å². The molecule has 1 heterocycles. The molecule has 0 fully saturated rings. The summed E-state index contributed by atoms with van der Waals surface area (Å²) in [6, 6.07) is 10.6. The predicted octanol–water partition coefficient (Wildman–Crippen LogP) is 6.18. The van der Waals surface area contributed by atoms with Crippen molar-refractivity contribution in [2.24, 2.45) is 0 Å². The molecule has 2 aromatic carbocycles. The summed E-state index contributed by atoms with van der Waals surface area (Å²) in [4.78, 5) is 0. The van der Waals surface area contributed by atoms with E-state index in [2.05, 4.69) is 54.9 Å². The zero-order valence-electron chi connectivity index (χ0n) is 23.7. The fraction of sp³-hybridized carbons (Fsp3) is 0.613. The van der Waals surface area contributed by atoms with Gasteiger partial charge in [-0.15, -0.1) is 0 Å². The summed E-state index contributed by atoms with van der Waals surface area (Å²) in [5, 5.41) is 22.0. The van der Waals surface area contributed by atoms with E-state index in [0.29, 0.717) is 0 Å². The van der Waals surface area contributed by atoms with Gasteiger partial charge in [-0.05, 0) is 77.5 Å². The number of phenols is 1. The van der Waals surface area contributed by atoms with E-state index >= 15 is 0 Å². The quantitative estimate of drug-likeness (QED) is 0.250. The molecule has 0 saturated carbocycles. The molecule has 3 atom stereocenters. The molecule has 0 saturated heterocycles. The molecule has 36 heavy (non-hydrogen) atoms. The molecular weight excluding hydrogens is 446 g/mol. The van der Waals surface area contributed by atoms with Crippen LogP contribution in [0.3, 0.4) is 0 Å². The molecular formula is C31H49N3O2. The second-order valence-electron chi connectivity index (χ2n) is 10.6. The van der Waals surface area contributed by atoms with Crippen molar-refractivity contribution in [3.05, 3.63) is 58.1 Å². The van der Waals surface area contributed by atoms with Gasteiger partial charge in [0.25, 0.3) is 0 Å². The summed E-state index contributed by atoms with van der Waals surface area (Å²) in [5.41, 5.74) is 3.82. The minimum Gasteiger partial charge on any atom is -0.507 e. The Bertz CT molecular complexity index is 1000. The minimum absolute atomic E-state index is 0.182. The number of nitrogens with one attached hydrogen (secondary N) is 3. The molecule has 4 N–H and O–H groups in total. The third-order valence-electron chi connectivity index (χ3n) is 8.27. The maximum Gasteiger partial charge on any atom is 0.208 e. The zero-order chi connectivity index (χ0) is 26.3. The number of unbranched alkanes of at least 4 members (excludes halogenated alkanes) is 6. The zero-order valence-corrected chi connectivity index (χ0v) is 23.7. The van der Waals surface area contributed by atoms with Crippen molar-refractivity contribution >= 4 is 0 Å². The Balaban J connectivity index is 2.01. The van der Waals surface area contributed by atoms with Crippen LogP contribution in [0.15, 0.2) is 30.3 Å². The Morgan fingerprint density at radius 3 is 2.17 bits per heavy atom. The average molecular weight is 496 g/mol. The van der Waals surface area contributed by atoms with Crippen molar-refractivity contribution in [2.75, 3.05) is 21.1 Å². The van der Waals surface area contributed by atoms with Crippen molar-refractivity contribution in [3.63, 3.8) is 0 Å². The van der Waals surface area contributed by atoms with Crippen LogP contribution in [0.25, 0.3) is 0 Å². The first-order chi connectivity index (χ1) is 17.3. The number of benzene rings is 2. The Morgan fingerprint density at radius 1 is 0.861 bits per heavy atom. The minimum atomic E-state index is -0.959. The number of ether oxygens (including phenoxy) is 1. The summed E-state index contributed by atoms with van der Waals surface area (Å²) in [5.74, 6) is 1.16. The van der Waals surface area contributed by atoms with Crippen LogP contribution < -0.4 is 20.7 Å². The van der Waals surface area contributed by atoms with Crippen molar-refractivity contribution < 1.29 is 9.84 Å². The van der Waals surface area contributed by atoms with E-state index in [1.165, 1.54) is 50.5 Å². The second kappa shape index (κ2) is 12.4. The molecule has 1 aliphatic rings. The molecule has 0 amide bonds. The van der Waals surface area contributed by atoms with Gasteiger partial charge < -0.3 is 20.5 Å². The fourth-order valence-electron chi connectivity index (χ4n) is 6.28. The smallest absolute Gasteiger partial charge is 0.208 e. The lowest BCUT2D eigenvalue weighted by Gasteiger charge is -2.55. The van der Waals surface area contributed by atoms with Crippen LogP contribution >= 0.6 is 0 Å². The summed E-state index contributed by atoms with van der Waals surface area (Å²) in [6.45, 7) is 8.49. The molecule has 5 heteroatoms. The van der Waals surface area contributed by atoms with E-state index in [9.17, 15) is 5.11 Å². The standard InChI is InChI=1S/C31H49N3O2/c1-8-10-11-12-13-14-15-16-24-17-18-25-27(21-24)36-31(34-7,29(32-5)30(25,9-2)33-6)26-20-22(3)19-23(4)28(26)35/h17-21,29,32-35H,8-16H2,1-7H3. The van der Waals surface area contributed by atoms with Gasteiger partial charge in [0.1, 0.15) is 11.5 Å². The lowest BCUT2D eigenvalue weighted by molar-refractivity contribution is -0.0609. The molecule has 3 unspecified atom stereocenters. The number of hydrogen-bond donors (Lipinski definition) is 4. The average Bonchev–Trinajstić information content (AvgIpc) is 2.88. The Labute approximate surface area is 219 Å². The molecule has 0 aromatic heterocycles. The first kappa shape index (κ1) is 28.5. The first-order valence-electron chi connectivity index (χ1n) is 14.0. The van der Waals surface area contributed by atoms with E-state index in [4.69, 9.17) is 4.74 Å². The van der Waals surface area contributed by atoms with Crippen LogP contribution in [-0.2, 0) is 17.7 Å². The van der Waals surface area contributed by atoms with E-state index in [0.717, 1.165) is 40.8 Å². The number of hydrogen-bond acceptors (Lipinski definition) is 5. The Kier molecular flexibility index (Phi) is 9.85. The number of fused-ring (bicyclic) bond motifs is 1. The monoisotopic (exact) mass is 495 g/mol. The van der Waals surface area contributed by atoms with E-state index < -0.39 is 11.3 Å².